The SMILES string of the molecule is CCC(C)C1CN(CCc2ccc(Cl)cc2)CCCN1. The van der Waals surface area contributed by atoms with Gasteiger partial charge in [-0.05, 0) is 49.5 Å². The number of nitrogens with zero attached hydrogens (tertiary/aromatic N) is 1. The molecule has 112 valence electrons. The minimum absolute atomic E-state index is 0.646. The van der Waals surface area contributed by atoms with E-state index >= 15 is 0 Å². The zero-order valence-electron chi connectivity index (χ0n) is 12.7. The highest BCUT2D eigenvalue weighted by molar-refractivity contribution is 6.30. The van der Waals surface area contributed by atoms with E-state index in [2.05, 4.69) is 36.2 Å². The molecule has 1 fully saturated rings. The van der Waals surface area contributed by atoms with Crippen molar-refractivity contribution in [2.24, 2.45) is 5.92 Å². The molecule has 2 nitrogen and oxygen atoms in total. The maximum atomic E-state index is 5.93. The monoisotopic (exact) mass is 294 g/mol. The van der Waals surface area contributed by atoms with E-state index in [1.165, 1.54) is 31.5 Å². The number of halogens is 1. The van der Waals surface area contributed by atoms with E-state index in [1.54, 1.807) is 0 Å². The first-order chi connectivity index (χ1) is 9.69. The number of nitrogens with one attached hydrogen (secondary N) is 1. The molecule has 0 aliphatic carbocycles. The minimum Gasteiger partial charge on any atom is -0.312 e. The van der Waals surface area contributed by atoms with Crippen LogP contribution in [-0.4, -0.2) is 37.1 Å². The lowest BCUT2D eigenvalue weighted by atomic mass is 9.99. The summed E-state index contributed by atoms with van der Waals surface area (Å²) in [4.78, 5) is 2.62. The lowest BCUT2D eigenvalue weighted by Crippen LogP contribution is -2.42. The van der Waals surface area contributed by atoms with E-state index in [9.17, 15) is 0 Å². The summed E-state index contributed by atoms with van der Waals surface area (Å²) < 4.78 is 0. The van der Waals surface area contributed by atoms with Crippen LogP contribution in [0.2, 0.25) is 5.02 Å². The van der Waals surface area contributed by atoms with Crippen molar-refractivity contribution in [2.75, 3.05) is 26.2 Å². The molecule has 0 amide bonds. The number of hydrogen-bond acceptors (Lipinski definition) is 2. The number of rotatable bonds is 5. The third kappa shape index (κ3) is 4.76. The molecule has 0 saturated carbocycles. The van der Waals surface area contributed by atoms with Crippen LogP contribution in [0.3, 0.4) is 0 Å². The quantitative estimate of drug-likeness (QED) is 0.893. The lowest BCUT2D eigenvalue weighted by molar-refractivity contribution is 0.240. The number of hydrogen-bond donors (Lipinski definition) is 1. The zero-order valence-corrected chi connectivity index (χ0v) is 13.5. The van der Waals surface area contributed by atoms with E-state index in [1.807, 2.05) is 12.1 Å². The van der Waals surface area contributed by atoms with Crippen molar-refractivity contribution in [3.05, 3.63) is 34.9 Å². The first-order valence-electron chi connectivity index (χ1n) is 7.89. The molecule has 0 aromatic heterocycles. The van der Waals surface area contributed by atoms with Crippen molar-refractivity contribution in [3.8, 4) is 0 Å². The molecule has 0 spiro atoms. The van der Waals surface area contributed by atoms with Crippen molar-refractivity contribution in [2.45, 2.75) is 39.2 Å². The van der Waals surface area contributed by atoms with Crippen molar-refractivity contribution in [1.82, 2.24) is 10.2 Å². The van der Waals surface area contributed by atoms with Gasteiger partial charge in [-0.3, -0.25) is 0 Å². The van der Waals surface area contributed by atoms with Gasteiger partial charge in [0, 0.05) is 24.2 Å². The van der Waals surface area contributed by atoms with Crippen LogP contribution in [0.15, 0.2) is 24.3 Å². The Balaban J connectivity index is 1.85. The Morgan fingerprint density at radius 1 is 1.35 bits per heavy atom. The van der Waals surface area contributed by atoms with E-state index in [-0.39, 0.29) is 0 Å². The fourth-order valence-electron chi connectivity index (χ4n) is 2.83. The molecule has 20 heavy (non-hydrogen) atoms. The van der Waals surface area contributed by atoms with Gasteiger partial charge in [-0.2, -0.15) is 0 Å². The summed E-state index contributed by atoms with van der Waals surface area (Å²) in [6.07, 6.45) is 3.63. The van der Waals surface area contributed by atoms with Gasteiger partial charge in [0.25, 0.3) is 0 Å². The van der Waals surface area contributed by atoms with Crippen LogP contribution in [0.5, 0.6) is 0 Å². The van der Waals surface area contributed by atoms with Crippen molar-refractivity contribution < 1.29 is 0 Å². The summed E-state index contributed by atoms with van der Waals surface area (Å²) in [7, 11) is 0. The fraction of sp³-hybridized carbons (Fsp3) is 0.647. The molecule has 1 aliphatic heterocycles. The fourth-order valence-corrected chi connectivity index (χ4v) is 2.96. The predicted octanol–water partition coefficient (Wildman–Crippen LogP) is 3.59. The van der Waals surface area contributed by atoms with E-state index < -0.39 is 0 Å². The van der Waals surface area contributed by atoms with Crippen LogP contribution in [0.4, 0.5) is 0 Å². The van der Waals surface area contributed by atoms with Gasteiger partial charge in [0.05, 0.1) is 0 Å². The van der Waals surface area contributed by atoms with Crippen LogP contribution in [0, 0.1) is 5.92 Å². The molecule has 1 N–H and O–H groups in total. The standard InChI is InChI=1S/C17H27ClN2/c1-3-14(2)17-13-20(11-4-10-19-17)12-9-15-5-7-16(18)8-6-15/h5-8,14,17,19H,3-4,9-13H2,1-2H3. The molecule has 2 atom stereocenters. The van der Waals surface area contributed by atoms with Crippen LogP contribution < -0.4 is 5.32 Å². The average molecular weight is 295 g/mol. The third-order valence-electron chi connectivity index (χ3n) is 4.47. The topological polar surface area (TPSA) is 15.3 Å². The molecule has 3 heteroatoms. The maximum Gasteiger partial charge on any atom is 0.0406 e. The van der Waals surface area contributed by atoms with E-state index in [4.69, 9.17) is 11.6 Å². The van der Waals surface area contributed by atoms with Gasteiger partial charge in [-0.15, -0.1) is 0 Å². The summed E-state index contributed by atoms with van der Waals surface area (Å²) in [5, 5.41) is 4.53. The Labute approximate surface area is 128 Å². The molecule has 1 saturated heterocycles. The number of benzene rings is 1. The van der Waals surface area contributed by atoms with Gasteiger partial charge < -0.3 is 10.2 Å². The molecular formula is C17H27ClN2. The Kier molecular flexibility index (Phi) is 6.34. The molecule has 0 radical (unpaired) electrons. The van der Waals surface area contributed by atoms with Gasteiger partial charge in [0.15, 0.2) is 0 Å². The molecule has 1 aliphatic rings. The molecule has 0 bridgehead atoms. The first kappa shape index (κ1) is 15.8. The summed E-state index contributed by atoms with van der Waals surface area (Å²) in [5.74, 6) is 0.756. The highest BCUT2D eigenvalue weighted by atomic mass is 35.5. The van der Waals surface area contributed by atoms with Crippen LogP contribution in [0.1, 0.15) is 32.3 Å². The summed E-state index contributed by atoms with van der Waals surface area (Å²) in [6.45, 7) is 9.36. The summed E-state index contributed by atoms with van der Waals surface area (Å²) >= 11 is 5.93. The van der Waals surface area contributed by atoms with Gasteiger partial charge in [-0.25, -0.2) is 0 Å². The highest BCUT2D eigenvalue weighted by Gasteiger charge is 2.21. The Hall–Kier alpha value is -0.570. The maximum absolute atomic E-state index is 5.93. The summed E-state index contributed by atoms with van der Waals surface area (Å²) in [5.41, 5.74) is 1.38. The average Bonchev–Trinajstić information content (AvgIpc) is 2.71. The smallest absolute Gasteiger partial charge is 0.0406 e. The third-order valence-corrected chi connectivity index (χ3v) is 4.73. The Bertz CT molecular complexity index is 390. The normalized spacial score (nSPS) is 22.4. The Morgan fingerprint density at radius 2 is 2.10 bits per heavy atom. The van der Waals surface area contributed by atoms with Crippen molar-refractivity contribution in [3.63, 3.8) is 0 Å². The molecule has 2 unspecified atom stereocenters. The Morgan fingerprint density at radius 3 is 2.80 bits per heavy atom. The van der Waals surface area contributed by atoms with E-state index in [0.717, 1.165) is 30.5 Å². The zero-order chi connectivity index (χ0) is 14.4. The predicted molar refractivity (Wildman–Crippen MR) is 87.5 cm³/mol. The highest BCUT2D eigenvalue weighted by Crippen LogP contribution is 2.14. The first-order valence-corrected chi connectivity index (χ1v) is 8.27. The van der Waals surface area contributed by atoms with Crippen LogP contribution in [0.25, 0.3) is 0 Å². The lowest BCUT2D eigenvalue weighted by Gasteiger charge is -2.28. The van der Waals surface area contributed by atoms with Crippen molar-refractivity contribution >= 4 is 11.6 Å². The molecule has 1 heterocycles. The van der Waals surface area contributed by atoms with Crippen LogP contribution in [-0.2, 0) is 6.42 Å². The van der Waals surface area contributed by atoms with Crippen molar-refractivity contribution in [1.29, 1.82) is 0 Å². The molecule has 2 rings (SSSR count). The second-order valence-electron chi connectivity index (χ2n) is 5.98. The molecule has 1 aromatic rings. The van der Waals surface area contributed by atoms with Gasteiger partial charge >= 0.3 is 0 Å². The van der Waals surface area contributed by atoms with Crippen LogP contribution >= 0.6 is 11.6 Å². The molecular weight excluding hydrogens is 268 g/mol. The van der Waals surface area contributed by atoms with Gasteiger partial charge in [0.1, 0.15) is 0 Å². The second kappa shape index (κ2) is 8.02. The molecule has 1 aromatic carbocycles. The largest absolute Gasteiger partial charge is 0.312 e. The van der Waals surface area contributed by atoms with Gasteiger partial charge in [-0.1, -0.05) is 44.0 Å². The summed E-state index contributed by atoms with van der Waals surface area (Å²) in [6, 6.07) is 8.91. The minimum atomic E-state index is 0.646. The van der Waals surface area contributed by atoms with Gasteiger partial charge in [0.2, 0.25) is 0 Å². The second-order valence-corrected chi connectivity index (χ2v) is 6.41. The van der Waals surface area contributed by atoms with E-state index in [0.29, 0.717) is 6.04 Å².